The smallest absolute Gasteiger partial charge is 0.331 e. The first-order valence-corrected chi connectivity index (χ1v) is 18.0. The molecular formula is C39H64O11. The fraction of sp³-hybridized carbons (Fsp3) is 0.667. The third-order valence-electron chi connectivity index (χ3n) is 8.56. The van der Waals surface area contributed by atoms with Crippen molar-refractivity contribution in [3.8, 4) is 0 Å². The molecule has 1 aliphatic rings. The van der Waals surface area contributed by atoms with Gasteiger partial charge in [-0.1, -0.05) is 87.6 Å². The van der Waals surface area contributed by atoms with E-state index in [9.17, 15) is 50.8 Å². The van der Waals surface area contributed by atoms with Crippen molar-refractivity contribution >= 4 is 5.97 Å². The summed E-state index contributed by atoms with van der Waals surface area (Å²) in [5.74, 6) is -0.483. The molecule has 0 aromatic heterocycles. The molecule has 0 aromatic carbocycles. The summed E-state index contributed by atoms with van der Waals surface area (Å²) >= 11 is 0. The highest BCUT2D eigenvalue weighted by atomic mass is 16.5. The Kier molecular flexibility index (Phi) is 24.0. The summed E-state index contributed by atoms with van der Waals surface area (Å²) in [6.45, 7) is 5.86. The number of ether oxygens (including phenoxy) is 1. The average molecular weight is 709 g/mol. The maximum absolute atomic E-state index is 12.5. The number of aliphatic hydroxyl groups excluding tert-OH is 9. The Hall–Kier alpha value is -2.45. The van der Waals surface area contributed by atoms with Crippen LogP contribution < -0.4 is 0 Å². The normalized spacial score (nSPS) is 39.1. The molecule has 0 unspecified atom stereocenters. The minimum absolute atomic E-state index is 0.0177. The summed E-state index contributed by atoms with van der Waals surface area (Å²) in [6, 6.07) is 0. The Morgan fingerprint density at radius 1 is 0.500 bits per heavy atom. The molecule has 11 nitrogen and oxygen atoms in total. The van der Waals surface area contributed by atoms with Crippen LogP contribution in [0.15, 0.2) is 72.9 Å². The van der Waals surface area contributed by atoms with Gasteiger partial charge in [0.05, 0.1) is 54.9 Å². The van der Waals surface area contributed by atoms with Crippen molar-refractivity contribution in [2.45, 2.75) is 152 Å². The van der Waals surface area contributed by atoms with Crippen molar-refractivity contribution in [2.75, 3.05) is 0 Å². The van der Waals surface area contributed by atoms with Gasteiger partial charge in [0, 0.05) is 6.08 Å². The third kappa shape index (κ3) is 23.1. The number of hydrogen-bond donors (Lipinski definition) is 9. The van der Waals surface area contributed by atoms with E-state index in [1.807, 2.05) is 45.1 Å². The van der Waals surface area contributed by atoms with E-state index in [2.05, 4.69) is 0 Å². The standard InChI is InChI=1S/C39H64O11/c1-27(2)39-28(3)17-18-30(41)20-32(43)22-34(45)24-36(47)26-37(48)25-35(46)23-33(44)21-31(42)19-29(40)15-13-11-9-7-5-4-6-8-10-12-14-16-38(49)50-39/h4-14,16,27-37,39-48H,15,17-26H2,1-3H3/b5-4+,8-6+,9-7+,12-10+,13-11+,16-14+/t28-,29+,30-,31-,32-,33-,34-,35-,36+,37+,39-/m0/s1. The number of carbonyl (C=O) groups is 1. The summed E-state index contributed by atoms with van der Waals surface area (Å²) in [5.41, 5.74) is 0. The van der Waals surface area contributed by atoms with Crippen molar-refractivity contribution in [1.29, 1.82) is 0 Å². The van der Waals surface area contributed by atoms with E-state index in [1.54, 1.807) is 42.5 Å². The van der Waals surface area contributed by atoms with E-state index in [0.29, 0.717) is 19.3 Å². The van der Waals surface area contributed by atoms with Crippen LogP contribution in [0.2, 0.25) is 0 Å². The van der Waals surface area contributed by atoms with E-state index in [0.717, 1.165) is 0 Å². The van der Waals surface area contributed by atoms with E-state index in [4.69, 9.17) is 4.74 Å². The number of carbonyl (C=O) groups excluding carboxylic acids is 1. The summed E-state index contributed by atoms with van der Waals surface area (Å²) < 4.78 is 5.71. The van der Waals surface area contributed by atoms with Crippen molar-refractivity contribution in [1.82, 2.24) is 0 Å². The van der Waals surface area contributed by atoms with Crippen LogP contribution in [0.1, 0.15) is 91.4 Å². The van der Waals surface area contributed by atoms with Gasteiger partial charge in [-0.25, -0.2) is 4.79 Å². The molecular weight excluding hydrogens is 644 g/mol. The molecule has 9 N–H and O–H groups in total. The van der Waals surface area contributed by atoms with Crippen LogP contribution in [0.5, 0.6) is 0 Å². The molecule has 1 heterocycles. The van der Waals surface area contributed by atoms with Gasteiger partial charge in [0.2, 0.25) is 0 Å². The van der Waals surface area contributed by atoms with Crippen LogP contribution >= 0.6 is 0 Å². The lowest BCUT2D eigenvalue weighted by atomic mass is 9.89. The van der Waals surface area contributed by atoms with E-state index >= 15 is 0 Å². The molecule has 0 spiro atoms. The van der Waals surface area contributed by atoms with Gasteiger partial charge in [0.1, 0.15) is 6.10 Å². The molecule has 11 atom stereocenters. The average Bonchev–Trinajstić information content (AvgIpc) is 2.99. The predicted molar refractivity (Wildman–Crippen MR) is 194 cm³/mol. The van der Waals surface area contributed by atoms with Gasteiger partial charge in [-0.2, -0.15) is 0 Å². The zero-order valence-corrected chi connectivity index (χ0v) is 30.0. The van der Waals surface area contributed by atoms with Gasteiger partial charge in [-0.05, 0) is 82.5 Å². The van der Waals surface area contributed by atoms with E-state index < -0.39 is 60.9 Å². The van der Waals surface area contributed by atoms with Crippen molar-refractivity contribution in [3.05, 3.63) is 72.9 Å². The largest absolute Gasteiger partial charge is 0.459 e. The van der Waals surface area contributed by atoms with E-state index in [1.165, 1.54) is 6.08 Å². The molecule has 1 aliphatic heterocycles. The first-order valence-electron chi connectivity index (χ1n) is 18.0. The first kappa shape index (κ1) is 45.6. The number of cyclic esters (lactones) is 1. The maximum atomic E-state index is 12.5. The predicted octanol–water partition coefficient (Wildman–Crippen LogP) is 3.08. The second-order valence-electron chi connectivity index (χ2n) is 14.0. The summed E-state index contributed by atoms with van der Waals surface area (Å²) in [7, 11) is 0. The molecule has 0 saturated carbocycles. The second-order valence-corrected chi connectivity index (χ2v) is 14.0. The topological polar surface area (TPSA) is 208 Å². The SMILES string of the molecule is CC(C)[C@@H]1OC(=O)/C=C/C=C/C=C/C=C/C=C/C=C/C[C@@H](O)C[C@H](O)C[C@H](O)C[C@H](O)C[C@@H](O)C[C@H](O)C[C@@H](O)C[C@@H](O)C[C@@H](O)CC[C@@H]1C. The molecule has 0 radical (unpaired) electrons. The highest BCUT2D eigenvalue weighted by Gasteiger charge is 2.27. The zero-order valence-electron chi connectivity index (χ0n) is 30.0. The fourth-order valence-electron chi connectivity index (χ4n) is 6.06. The van der Waals surface area contributed by atoms with Gasteiger partial charge in [0.25, 0.3) is 0 Å². The number of rotatable bonds is 1. The fourth-order valence-corrected chi connectivity index (χ4v) is 6.06. The van der Waals surface area contributed by atoms with Gasteiger partial charge in [-0.3, -0.25) is 0 Å². The molecule has 1 rings (SSSR count). The maximum Gasteiger partial charge on any atom is 0.331 e. The molecule has 0 bridgehead atoms. The lowest BCUT2D eigenvalue weighted by Gasteiger charge is -2.28. The van der Waals surface area contributed by atoms with Crippen molar-refractivity contribution in [2.24, 2.45) is 11.8 Å². The molecule has 0 aromatic rings. The van der Waals surface area contributed by atoms with Crippen LogP contribution in [0.4, 0.5) is 0 Å². The monoisotopic (exact) mass is 708 g/mol. The summed E-state index contributed by atoms with van der Waals surface area (Å²) in [5, 5.41) is 93.2. The molecule has 0 amide bonds. The minimum atomic E-state index is -1.12. The van der Waals surface area contributed by atoms with Gasteiger partial charge >= 0.3 is 5.97 Å². The molecule has 11 heteroatoms. The lowest BCUT2D eigenvalue weighted by Crippen LogP contribution is -2.31. The Morgan fingerprint density at radius 3 is 1.24 bits per heavy atom. The molecule has 0 fully saturated rings. The van der Waals surface area contributed by atoms with Crippen molar-refractivity contribution in [3.63, 3.8) is 0 Å². The third-order valence-corrected chi connectivity index (χ3v) is 8.56. The molecule has 0 aliphatic carbocycles. The zero-order chi connectivity index (χ0) is 37.5. The highest BCUT2D eigenvalue weighted by molar-refractivity contribution is 5.82. The van der Waals surface area contributed by atoms with Gasteiger partial charge in [0.15, 0.2) is 0 Å². The van der Waals surface area contributed by atoms with Crippen LogP contribution in [0.25, 0.3) is 0 Å². The molecule has 0 saturated heterocycles. The molecule has 286 valence electrons. The van der Waals surface area contributed by atoms with Gasteiger partial charge < -0.3 is 50.7 Å². The van der Waals surface area contributed by atoms with Crippen molar-refractivity contribution < 1.29 is 55.5 Å². The number of esters is 1. The molecule has 50 heavy (non-hydrogen) atoms. The Balaban J connectivity index is 2.88. The highest BCUT2D eigenvalue weighted by Crippen LogP contribution is 2.24. The second kappa shape index (κ2) is 26.3. The lowest BCUT2D eigenvalue weighted by molar-refractivity contribution is -0.148. The summed E-state index contributed by atoms with van der Waals surface area (Å²) in [4.78, 5) is 12.5. The quantitative estimate of drug-likeness (QED) is 0.181. The summed E-state index contributed by atoms with van der Waals surface area (Å²) in [6.07, 6.45) is 11.9. The number of aliphatic hydroxyl groups is 9. The Bertz CT molecular complexity index is 1080. The number of allylic oxidation sites excluding steroid dienone is 10. The number of hydrogen-bond acceptors (Lipinski definition) is 11. The van der Waals surface area contributed by atoms with Crippen LogP contribution in [-0.4, -0.2) is 113 Å². The minimum Gasteiger partial charge on any atom is -0.459 e. The Labute approximate surface area is 298 Å². The van der Waals surface area contributed by atoms with Crippen LogP contribution in [-0.2, 0) is 9.53 Å². The Morgan fingerprint density at radius 2 is 0.840 bits per heavy atom. The van der Waals surface area contributed by atoms with Gasteiger partial charge in [-0.15, -0.1) is 0 Å². The van der Waals surface area contributed by atoms with E-state index in [-0.39, 0.29) is 69.3 Å². The van der Waals surface area contributed by atoms with Crippen LogP contribution in [0, 0.1) is 11.8 Å². The first-order chi connectivity index (χ1) is 23.7. The van der Waals surface area contributed by atoms with Crippen LogP contribution in [0.3, 0.4) is 0 Å².